The standard InChI is InChI=1S/C21H22N2O3.ClH/c22-15-10-12-23(13-11-15)21(24)20-18(14-25-16-6-2-1-3-7-16)17-8-4-5-9-19(17)26-20;/h1-9,15H,10-14,22H2;1H. The van der Waals surface area contributed by atoms with E-state index in [0.29, 0.717) is 24.4 Å². The van der Waals surface area contributed by atoms with Gasteiger partial charge < -0.3 is 19.8 Å². The highest BCUT2D eigenvalue weighted by molar-refractivity contribution is 5.99. The van der Waals surface area contributed by atoms with Crippen LogP contribution in [0.3, 0.4) is 0 Å². The summed E-state index contributed by atoms with van der Waals surface area (Å²) in [6.07, 6.45) is 1.64. The summed E-state index contributed by atoms with van der Waals surface area (Å²) in [6.45, 7) is 1.61. The molecule has 0 aliphatic carbocycles. The van der Waals surface area contributed by atoms with Crippen LogP contribution >= 0.6 is 12.4 Å². The zero-order valence-electron chi connectivity index (χ0n) is 15.0. The second-order valence-corrected chi connectivity index (χ2v) is 6.64. The summed E-state index contributed by atoms with van der Waals surface area (Å²) < 4.78 is 11.8. The Balaban J connectivity index is 0.00000210. The molecule has 5 nitrogen and oxygen atoms in total. The van der Waals surface area contributed by atoms with E-state index in [1.165, 1.54) is 0 Å². The first-order valence-electron chi connectivity index (χ1n) is 8.95. The van der Waals surface area contributed by atoms with Gasteiger partial charge in [0.15, 0.2) is 5.76 Å². The van der Waals surface area contributed by atoms with Crippen molar-refractivity contribution in [3.05, 3.63) is 65.9 Å². The second kappa shape index (κ2) is 8.46. The summed E-state index contributed by atoms with van der Waals surface area (Å²) in [5.41, 5.74) is 7.46. The van der Waals surface area contributed by atoms with Gasteiger partial charge in [-0.1, -0.05) is 36.4 Å². The van der Waals surface area contributed by atoms with E-state index in [1.807, 2.05) is 59.5 Å². The number of amides is 1. The number of hydrogen-bond acceptors (Lipinski definition) is 4. The minimum atomic E-state index is -0.0836. The molecule has 6 heteroatoms. The fourth-order valence-electron chi connectivity index (χ4n) is 3.33. The molecule has 142 valence electrons. The minimum Gasteiger partial charge on any atom is -0.489 e. The van der Waals surface area contributed by atoms with Crippen LogP contribution in [-0.2, 0) is 6.61 Å². The number of rotatable bonds is 4. The van der Waals surface area contributed by atoms with Crippen molar-refractivity contribution in [2.75, 3.05) is 13.1 Å². The monoisotopic (exact) mass is 386 g/mol. The number of fused-ring (bicyclic) bond motifs is 1. The van der Waals surface area contributed by atoms with Crippen LogP contribution in [0.1, 0.15) is 29.0 Å². The van der Waals surface area contributed by atoms with Crippen molar-refractivity contribution in [1.29, 1.82) is 0 Å². The van der Waals surface area contributed by atoms with E-state index in [0.717, 1.165) is 29.5 Å². The Kier molecular flexibility index (Phi) is 6.04. The number of likely N-dealkylation sites (tertiary alicyclic amines) is 1. The van der Waals surface area contributed by atoms with Crippen LogP contribution in [0.15, 0.2) is 59.0 Å². The summed E-state index contributed by atoms with van der Waals surface area (Å²) in [7, 11) is 0. The largest absolute Gasteiger partial charge is 0.489 e. The van der Waals surface area contributed by atoms with Gasteiger partial charge in [-0.25, -0.2) is 0 Å². The van der Waals surface area contributed by atoms with E-state index < -0.39 is 0 Å². The van der Waals surface area contributed by atoms with Crippen molar-refractivity contribution in [2.45, 2.75) is 25.5 Å². The van der Waals surface area contributed by atoms with Crippen LogP contribution in [0.2, 0.25) is 0 Å². The third-order valence-corrected chi connectivity index (χ3v) is 4.85. The lowest BCUT2D eigenvalue weighted by molar-refractivity contribution is 0.0681. The summed E-state index contributed by atoms with van der Waals surface area (Å²) in [4.78, 5) is 14.9. The molecule has 0 spiro atoms. The molecule has 3 aromatic rings. The first-order chi connectivity index (χ1) is 12.7. The summed E-state index contributed by atoms with van der Waals surface area (Å²) in [6, 6.07) is 17.4. The molecule has 2 heterocycles. The van der Waals surface area contributed by atoms with Crippen molar-refractivity contribution >= 4 is 29.3 Å². The van der Waals surface area contributed by atoms with Gasteiger partial charge in [-0.2, -0.15) is 0 Å². The molecule has 0 radical (unpaired) electrons. The van der Waals surface area contributed by atoms with Crippen molar-refractivity contribution in [3.63, 3.8) is 0 Å². The van der Waals surface area contributed by atoms with Crippen molar-refractivity contribution < 1.29 is 13.9 Å². The molecule has 2 N–H and O–H groups in total. The van der Waals surface area contributed by atoms with Crippen LogP contribution in [-0.4, -0.2) is 29.9 Å². The molecule has 1 amide bonds. The van der Waals surface area contributed by atoms with Crippen LogP contribution in [0, 0.1) is 0 Å². The Morgan fingerprint density at radius 1 is 1.07 bits per heavy atom. The number of piperidine rings is 1. The van der Waals surface area contributed by atoms with Gasteiger partial charge in [0.1, 0.15) is 17.9 Å². The third-order valence-electron chi connectivity index (χ3n) is 4.85. The zero-order chi connectivity index (χ0) is 17.9. The van der Waals surface area contributed by atoms with E-state index in [2.05, 4.69) is 0 Å². The maximum absolute atomic E-state index is 13.0. The number of carbonyl (C=O) groups excluding carboxylic acids is 1. The SMILES string of the molecule is Cl.NC1CCN(C(=O)c2oc3ccccc3c2COc2ccccc2)CC1. The lowest BCUT2D eigenvalue weighted by Crippen LogP contribution is -2.43. The van der Waals surface area contributed by atoms with Crippen molar-refractivity contribution in [1.82, 2.24) is 4.90 Å². The quantitative estimate of drug-likeness (QED) is 0.735. The van der Waals surface area contributed by atoms with Gasteiger partial charge >= 0.3 is 0 Å². The molecule has 0 saturated carbocycles. The number of benzene rings is 2. The van der Waals surface area contributed by atoms with E-state index in [4.69, 9.17) is 14.9 Å². The number of halogens is 1. The van der Waals surface area contributed by atoms with Gasteiger partial charge in [-0.3, -0.25) is 4.79 Å². The number of hydrogen-bond donors (Lipinski definition) is 1. The second-order valence-electron chi connectivity index (χ2n) is 6.64. The average molecular weight is 387 g/mol. The van der Waals surface area contributed by atoms with Crippen LogP contribution in [0.5, 0.6) is 5.75 Å². The fourth-order valence-corrected chi connectivity index (χ4v) is 3.33. The average Bonchev–Trinajstić information content (AvgIpc) is 3.06. The Labute approximate surface area is 164 Å². The Morgan fingerprint density at radius 3 is 2.48 bits per heavy atom. The topological polar surface area (TPSA) is 68.7 Å². The number of nitrogens with two attached hydrogens (primary N) is 1. The van der Waals surface area contributed by atoms with E-state index in [-0.39, 0.29) is 31.0 Å². The molecule has 4 rings (SSSR count). The fraction of sp³-hybridized carbons (Fsp3) is 0.286. The smallest absolute Gasteiger partial charge is 0.290 e. The molecular formula is C21H23ClN2O3. The third kappa shape index (κ3) is 4.10. The van der Waals surface area contributed by atoms with Crippen LogP contribution in [0.4, 0.5) is 0 Å². The normalized spacial score (nSPS) is 14.8. The predicted octanol–water partition coefficient (Wildman–Crippen LogP) is 4.00. The number of ether oxygens (including phenoxy) is 1. The lowest BCUT2D eigenvalue weighted by Gasteiger charge is -2.29. The van der Waals surface area contributed by atoms with E-state index in [1.54, 1.807) is 0 Å². The van der Waals surface area contributed by atoms with Crippen molar-refractivity contribution in [2.24, 2.45) is 5.73 Å². The van der Waals surface area contributed by atoms with Gasteiger partial charge in [0, 0.05) is 30.1 Å². The van der Waals surface area contributed by atoms with E-state index in [9.17, 15) is 4.79 Å². The van der Waals surface area contributed by atoms with Crippen LogP contribution in [0.25, 0.3) is 11.0 Å². The number of nitrogens with zero attached hydrogens (tertiary/aromatic N) is 1. The Morgan fingerprint density at radius 2 is 1.74 bits per heavy atom. The molecule has 2 aromatic carbocycles. The molecule has 0 unspecified atom stereocenters. The zero-order valence-corrected chi connectivity index (χ0v) is 15.8. The summed E-state index contributed by atoms with van der Waals surface area (Å²) in [5.74, 6) is 1.05. The molecular weight excluding hydrogens is 364 g/mol. The van der Waals surface area contributed by atoms with Gasteiger partial charge in [0.25, 0.3) is 5.91 Å². The molecule has 1 aromatic heterocycles. The summed E-state index contributed by atoms with van der Waals surface area (Å²) >= 11 is 0. The first-order valence-corrected chi connectivity index (χ1v) is 8.95. The van der Waals surface area contributed by atoms with Crippen molar-refractivity contribution in [3.8, 4) is 5.75 Å². The predicted molar refractivity (Wildman–Crippen MR) is 107 cm³/mol. The highest BCUT2D eigenvalue weighted by Gasteiger charge is 2.28. The Bertz CT molecular complexity index is 902. The highest BCUT2D eigenvalue weighted by atomic mass is 35.5. The molecule has 0 bridgehead atoms. The molecule has 27 heavy (non-hydrogen) atoms. The molecule has 1 aliphatic rings. The van der Waals surface area contributed by atoms with Gasteiger partial charge in [0.05, 0.1) is 0 Å². The molecule has 1 saturated heterocycles. The van der Waals surface area contributed by atoms with Crippen LogP contribution < -0.4 is 10.5 Å². The number of carbonyl (C=O) groups is 1. The first kappa shape index (κ1) is 19.3. The van der Waals surface area contributed by atoms with E-state index >= 15 is 0 Å². The number of para-hydroxylation sites is 2. The number of furan rings is 1. The maximum Gasteiger partial charge on any atom is 0.290 e. The maximum atomic E-state index is 13.0. The lowest BCUT2D eigenvalue weighted by atomic mass is 10.1. The molecule has 1 fully saturated rings. The van der Waals surface area contributed by atoms with Gasteiger partial charge in [-0.15, -0.1) is 12.4 Å². The highest BCUT2D eigenvalue weighted by Crippen LogP contribution is 2.29. The molecule has 1 aliphatic heterocycles. The van der Waals surface area contributed by atoms with Gasteiger partial charge in [-0.05, 0) is 31.0 Å². The Hall–Kier alpha value is -2.50. The van der Waals surface area contributed by atoms with Gasteiger partial charge in [0.2, 0.25) is 0 Å². The molecule has 0 atom stereocenters. The minimum absolute atomic E-state index is 0. The summed E-state index contributed by atoms with van der Waals surface area (Å²) in [5, 5.41) is 0.917.